The number of methoxy groups -OCH3 is 1. The molecule has 2 aromatic carbocycles. The molecule has 4 rings (SSSR count). The average Bonchev–Trinajstić information content (AvgIpc) is 3.49. The Bertz CT molecular complexity index is 1250. The van der Waals surface area contributed by atoms with Crippen molar-refractivity contribution in [2.24, 2.45) is 0 Å². The number of furan rings is 1. The van der Waals surface area contributed by atoms with Crippen LogP contribution < -0.4 is 9.47 Å². The van der Waals surface area contributed by atoms with Crippen molar-refractivity contribution in [3.05, 3.63) is 87.8 Å². The van der Waals surface area contributed by atoms with Gasteiger partial charge in [-0.25, -0.2) is 0 Å². The highest BCUT2D eigenvalue weighted by atomic mass is 79.9. The van der Waals surface area contributed by atoms with Gasteiger partial charge in [0.05, 0.1) is 38.1 Å². The third-order valence-corrected chi connectivity index (χ3v) is 6.60. The number of aliphatic hydroxyl groups excluding tert-OH is 1. The minimum atomic E-state index is -0.846. The number of ether oxygens (including phenoxy) is 2. The Hall–Kier alpha value is -3.52. The molecule has 1 amide bonds. The number of ketones is 1. The molecule has 1 aliphatic rings. The fourth-order valence-electron chi connectivity index (χ4n) is 4.23. The van der Waals surface area contributed by atoms with Crippen LogP contribution in [0.5, 0.6) is 11.5 Å². The zero-order valence-electron chi connectivity index (χ0n) is 20.2. The van der Waals surface area contributed by atoms with Crippen molar-refractivity contribution in [1.82, 2.24) is 4.90 Å². The summed E-state index contributed by atoms with van der Waals surface area (Å²) in [5.74, 6) is -0.135. The van der Waals surface area contributed by atoms with Crippen molar-refractivity contribution in [2.45, 2.75) is 38.8 Å². The van der Waals surface area contributed by atoms with Crippen LogP contribution in [-0.2, 0) is 16.1 Å². The number of carbonyl (C=O) groups is 2. The summed E-state index contributed by atoms with van der Waals surface area (Å²) in [4.78, 5) is 27.8. The summed E-state index contributed by atoms with van der Waals surface area (Å²) < 4.78 is 17.8. The maximum atomic E-state index is 13.2. The lowest BCUT2D eigenvalue weighted by molar-refractivity contribution is -0.140. The number of rotatable bonds is 10. The minimum Gasteiger partial charge on any atom is -0.507 e. The zero-order chi connectivity index (χ0) is 25.7. The lowest BCUT2D eigenvalue weighted by atomic mass is 9.95. The van der Waals surface area contributed by atoms with E-state index in [1.54, 1.807) is 61.7 Å². The number of benzene rings is 2. The number of hydrogen-bond donors (Lipinski definition) is 1. The van der Waals surface area contributed by atoms with Crippen LogP contribution in [0.15, 0.2) is 75.3 Å². The maximum absolute atomic E-state index is 13.2. The first kappa shape index (κ1) is 25.6. The molecule has 1 saturated heterocycles. The van der Waals surface area contributed by atoms with Crippen molar-refractivity contribution < 1.29 is 28.6 Å². The maximum Gasteiger partial charge on any atom is 0.296 e. The van der Waals surface area contributed by atoms with E-state index in [4.69, 9.17) is 13.9 Å². The van der Waals surface area contributed by atoms with Gasteiger partial charge in [-0.1, -0.05) is 53.9 Å². The summed E-state index contributed by atoms with van der Waals surface area (Å²) in [5.41, 5.74) is 1.05. The molecule has 0 bridgehead atoms. The normalized spacial score (nSPS) is 17.0. The van der Waals surface area contributed by atoms with Crippen LogP contribution in [0.4, 0.5) is 0 Å². The van der Waals surface area contributed by atoms with Crippen LogP contribution in [-0.4, -0.2) is 35.4 Å². The standard InChI is InChI=1S/C28H28BrNO6/c1-3-4-5-14-36-22-13-10-19(16-23(22)34-2)25-24(26(31)18-8-11-20(29)12-9-18)27(32)28(33)30(25)17-21-7-6-15-35-21/h6-13,15-16,25,31H,3-5,14,17H2,1-2H3/b26-24+. The number of likely N-dealkylation sites (tertiary alicyclic amines) is 1. The highest BCUT2D eigenvalue weighted by molar-refractivity contribution is 9.10. The molecular formula is C28H28BrNO6. The molecule has 1 aromatic heterocycles. The SMILES string of the molecule is CCCCCOc1ccc(C2/C(=C(\O)c3ccc(Br)cc3)C(=O)C(=O)N2Cc2ccco2)cc1OC. The summed E-state index contributed by atoms with van der Waals surface area (Å²) in [6, 6.07) is 14.8. The molecule has 0 radical (unpaired) electrons. The van der Waals surface area contributed by atoms with E-state index < -0.39 is 17.7 Å². The van der Waals surface area contributed by atoms with Crippen LogP contribution in [0.1, 0.15) is 49.1 Å². The highest BCUT2D eigenvalue weighted by Gasteiger charge is 2.46. The quantitative estimate of drug-likeness (QED) is 0.138. The fourth-order valence-corrected chi connectivity index (χ4v) is 4.50. The van der Waals surface area contributed by atoms with Gasteiger partial charge in [0.15, 0.2) is 11.5 Å². The molecule has 0 spiro atoms. The largest absolute Gasteiger partial charge is 0.507 e. The van der Waals surface area contributed by atoms with Crippen LogP contribution in [0.25, 0.3) is 5.76 Å². The second-order valence-corrected chi connectivity index (χ2v) is 9.39. The van der Waals surface area contributed by atoms with E-state index in [2.05, 4.69) is 22.9 Å². The number of hydrogen-bond acceptors (Lipinski definition) is 6. The van der Waals surface area contributed by atoms with Crippen LogP contribution in [0, 0.1) is 0 Å². The van der Waals surface area contributed by atoms with Gasteiger partial charge in [0.25, 0.3) is 11.7 Å². The van der Waals surface area contributed by atoms with Gasteiger partial charge in [-0.3, -0.25) is 9.59 Å². The van der Waals surface area contributed by atoms with Gasteiger partial charge in [0.1, 0.15) is 11.5 Å². The van der Waals surface area contributed by atoms with E-state index in [1.807, 2.05) is 0 Å². The van der Waals surface area contributed by atoms with Crippen molar-refractivity contribution in [1.29, 1.82) is 0 Å². The molecule has 7 nitrogen and oxygen atoms in total. The smallest absolute Gasteiger partial charge is 0.296 e. The van der Waals surface area contributed by atoms with E-state index in [9.17, 15) is 14.7 Å². The van der Waals surface area contributed by atoms with Crippen molar-refractivity contribution in [3.63, 3.8) is 0 Å². The number of nitrogens with zero attached hydrogens (tertiary/aromatic N) is 1. The molecule has 1 unspecified atom stereocenters. The van der Waals surface area contributed by atoms with Gasteiger partial charge >= 0.3 is 0 Å². The van der Waals surface area contributed by atoms with Gasteiger partial charge in [-0.05, 0) is 48.4 Å². The Labute approximate surface area is 218 Å². The first-order valence-electron chi connectivity index (χ1n) is 11.8. The first-order valence-corrected chi connectivity index (χ1v) is 12.6. The number of halogens is 1. The highest BCUT2D eigenvalue weighted by Crippen LogP contribution is 2.42. The molecule has 8 heteroatoms. The van der Waals surface area contributed by atoms with Crippen molar-refractivity contribution in [2.75, 3.05) is 13.7 Å². The Balaban J connectivity index is 1.78. The average molecular weight is 554 g/mol. The molecule has 3 aromatic rings. The van der Waals surface area contributed by atoms with Gasteiger partial charge in [0, 0.05) is 10.0 Å². The lowest BCUT2D eigenvalue weighted by Gasteiger charge is -2.25. The predicted octanol–water partition coefficient (Wildman–Crippen LogP) is 6.24. The summed E-state index contributed by atoms with van der Waals surface area (Å²) in [6.07, 6.45) is 4.60. The van der Waals surface area contributed by atoms with Crippen molar-refractivity contribution in [3.8, 4) is 11.5 Å². The van der Waals surface area contributed by atoms with E-state index in [1.165, 1.54) is 11.2 Å². The Kier molecular flexibility index (Phi) is 8.15. The number of unbranched alkanes of at least 4 members (excludes halogenated alkanes) is 2. The summed E-state index contributed by atoms with van der Waals surface area (Å²) in [7, 11) is 1.54. The Morgan fingerprint density at radius 3 is 2.53 bits per heavy atom. The van der Waals surface area contributed by atoms with Crippen LogP contribution in [0.2, 0.25) is 0 Å². The number of aliphatic hydroxyl groups is 1. The molecule has 188 valence electrons. The summed E-state index contributed by atoms with van der Waals surface area (Å²) in [6.45, 7) is 2.75. The molecular weight excluding hydrogens is 526 g/mol. The monoisotopic (exact) mass is 553 g/mol. The molecule has 0 aliphatic carbocycles. The summed E-state index contributed by atoms with van der Waals surface area (Å²) in [5, 5.41) is 11.2. The third kappa shape index (κ3) is 5.33. The molecule has 2 heterocycles. The van der Waals surface area contributed by atoms with E-state index >= 15 is 0 Å². The molecule has 1 N–H and O–H groups in total. The topological polar surface area (TPSA) is 89.2 Å². The van der Waals surface area contributed by atoms with Crippen molar-refractivity contribution >= 4 is 33.4 Å². The predicted molar refractivity (Wildman–Crippen MR) is 139 cm³/mol. The molecule has 0 saturated carbocycles. The van der Waals surface area contributed by atoms with Gasteiger partial charge in [-0.15, -0.1) is 0 Å². The lowest BCUT2D eigenvalue weighted by Crippen LogP contribution is -2.29. The molecule has 1 aliphatic heterocycles. The Morgan fingerprint density at radius 2 is 1.86 bits per heavy atom. The fraction of sp³-hybridized carbons (Fsp3) is 0.286. The molecule has 1 atom stereocenters. The van der Waals surface area contributed by atoms with E-state index in [0.717, 1.165) is 23.7 Å². The van der Waals surface area contributed by atoms with Crippen LogP contribution in [0.3, 0.4) is 0 Å². The number of carbonyl (C=O) groups excluding carboxylic acids is 2. The second kappa shape index (κ2) is 11.5. The second-order valence-electron chi connectivity index (χ2n) is 8.48. The molecule has 1 fully saturated rings. The van der Waals surface area contributed by atoms with Gasteiger partial charge < -0.3 is 23.9 Å². The summed E-state index contributed by atoms with van der Waals surface area (Å²) >= 11 is 3.38. The number of amides is 1. The van der Waals surface area contributed by atoms with Crippen LogP contribution >= 0.6 is 15.9 Å². The number of Topliss-reactive ketones (excluding diaryl/α,β-unsaturated/α-hetero) is 1. The zero-order valence-corrected chi connectivity index (χ0v) is 21.8. The Morgan fingerprint density at radius 1 is 1.08 bits per heavy atom. The van der Waals surface area contributed by atoms with Gasteiger partial charge in [0.2, 0.25) is 0 Å². The molecule has 36 heavy (non-hydrogen) atoms. The van der Waals surface area contributed by atoms with E-state index in [0.29, 0.717) is 35.0 Å². The minimum absolute atomic E-state index is 0.00699. The van der Waals surface area contributed by atoms with Gasteiger partial charge in [-0.2, -0.15) is 0 Å². The van der Waals surface area contributed by atoms with E-state index in [-0.39, 0.29) is 17.9 Å². The first-order chi connectivity index (χ1) is 17.4. The third-order valence-electron chi connectivity index (χ3n) is 6.07.